The highest BCUT2D eigenvalue weighted by molar-refractivity contribution is 7.92. The van der Waals surface area contributed by atoms with Crippen molar-refractivity contribution < 1.29 is 17.9 Å². The molecule has 0 radical (unpaired) electrons. The van der Waals surface area contributed by atoms with E-state index in [9.17, 15) is 13.2 Å². The SMILES string of the molecule is O=C(Oc1ccc(NS(=O)(=O)c2ccc(Cl)cc2)cc1)c1ccc(Cl)cc1. The number of nitrogens with one attached hydrogen (secondary N) is 1. The summed E-state index contributed by atoms with van der Waals surface area (Å²) in [6, 6.07) is 18.1. The van der Waals surface area contributed by atoms with Crippen molar-refractivity contribution >= 4 is 44.9 Å². The summed E-state index contributed by atoms with van der Waals surface area (Å²) in [5, 5.41) is 0.963. The lowest BCUT2D eigenvalue weighted by Gasteiger charge is -2.09. The Morgan fingerprint density at radius 2 is 1.30 bits per heavy atom. The van der Waals surface area contributed by atoms with Crippen molar-refractivity contribution in [3.8, 4) is 5.75 Å². The van der Waals surface area contributed by atoms with Crippen LogP contribution in [0.3, 0.4) is 0 Å². The van der Waals surface area contributed by atoms with E-state index in [0.717, 1.165) is 0 Å². The Balaban J connectivity index is 1.69. The molecule has 138 valence electrons. The molecular formula is C19H13Cl2NO4S. The van der Waals surface area contributed by atoms with Gasteiger partial charge in [0.05, 0.1) is 10.5 Å². The van der Waals surface area contributed by atoms with Crippen molar-refractivity contribution in [1.29, 1.82) is 0 Å². The second kappa shape index (κ2) is 8.00. The van der Waals surface area contributed by atoms with Gasteiger partial charge in [-0.1, -0.05) is 23.2 Å². The lowest BCUT2D eigenvalue weighted by molar-refractivity contribution is 0.0735. The van der Waals surface area contributed by atoms with Crippen molar-refractivity contribution in [3.63, 3.8) is 0 Å². The van der Waals surface area contributed by atoms with Crippen molar-refractivity contribution in [3.05, 3.63) is 88.4 Å². The molecule has 3 aromatic rings. The molecule has 0 heterocycles. The minimum Gasteiger partial charge on any atom is -0.423 e. The maximum Gasteiger partial charge on any atom is 0.343 e. The van der Waals surface area contributed by atoms with Gasteiger partial charge in [0, 0.05) is 15.7 Å². The third-order valence-corrected chi connectivity index (χ3v) is 5.42. The fourth-order valence-electron chi connectivity index (χ4n) is 2.17. The molecule has 0 amide bonds. The van der Waals surface area contributed by atoms with E-state index in [4.69, 9.17) is 27.9 Å². The summed E-state index contributed by atoms with van der Waals surface area (Å²) in [6.45, 7) is 0. The highest BCUT2D eigenvalue weighted by Gasteiger charge is 2.14. The number of benzene rings is 3. The fourth-order valence-corrected chi connectivity index (χ4v) is 3.48. The number of halogens is 2. The molecule has 0 aromatic heterocycles. The molecule has 0 saturated carbocycles. The van der Waals surface area contributed by atoms with Crippen LogP contribution < -0.4 is 9.46 Å². The molecule has 8 heteroatoms. The molecule has 0 fully saturated rings. The Kier molecular flexibility index (Phi) is 5.70. The van der Waals surface area contributed by atoms with Gasteiger partial charge in [-0.15, -0.1) is 0 Å². The minimum atomic E-state index is -3.74. The lowest BCUT2D eigenvalue weighted by Crippen LogP contribution is -2.13. The Bertz CT molecular complexity index is 1050. The van der Waals surface area contributed by atoms with Gasteiger partial charge in [-0.05, 0) is 72.8 Å². The second-order valence-electron chi connectivity index (χ2n) is 5.48. The third-order valence-electron chi connectivity index (χ3n) is 3.52. The molecular weight excluding hydrogens is 409 g/mol. The number of carbonyl (C=O) groups is 1. The Labute approximate surface area is 166 Å². The van der Waals surface area contributed by atoms with Gasteiger partial charge in [0.15, 0.2) is 0 Å². The number of hydrogen-bond donors (Lipinski definition) is 1. The average Bonchev–Trinajstić information content (AvgIpc) is 2.64. The molecule has 0 bridgehead atoms. The molecule has 0 spiro atoms. The van der Waals surface area contributed by atoms with E-state index in [0.29, 0.717) is 21.3 Å². The van der Waals surface area contributed by atoms with Crippen LogP contribution in [0.2, 0.25) is 10.0 Å². The summed E-state index contributed by atoms with van der Waals surface area (Å²) in [6.07, 6.45) is 0. The molecule has 3 aromatic carbocycles. The average molecular weight is 422 g/mol. The van der Waals surface area contributed by atoms with Crippen LogP contribution in [0.1, 0.15) is 10.4 Å². The number of esters is 1. The largest absolute Gasteiger partial charge is 0.423 e. The predicted molar refractivity (Wildman–Crippen MR) is 105 cm³/mol. The van der Waals surface area contributed by atoms with Gasteiger partial charge < -0.3 is 4.74 Å². The highest BCUT2D eigenvalue weighted by Crippen LogP contribution is 2.21. The number of carbonyl (C=O) groups excluding carboxylic acids is 1. The Morgan fingerprint density at radius 1 is 0.778 bits per heavy atom. The van der Waals surface area contributed by atoms with Crippen LogP contribution in [-0.2, 0) is 10.0 Å². The standard InChI is InChI=1S/C19H13Cl2NO4S/c20-14-3-1-13(2-4-14)19(23)26-17-9-7-16(8-10-17)22-27(24,25)18-11-5-15(21)6-12-18/h1-12,22H. The van der Waals surface area contributed by atoms with Crippen LogP contribution in [0, 0.1) is 0 Å². The smallest absolute Gasteiger partial charge is 0.343 e. The molecule has 0 saturated heterocycles. The van der Waals surface area contributed by atoms with Gasteiger partial charge in [-0.3, -0.25) is 4.72 Å². The van der Waals surface area contributed by atoms with Gasteiger partial charge in [0.1, 0.15) is 5.75 Å². The zero-order valence-electron chi connectivity index (χ0n) is 13.7. The van der Waals surface area contributed by atoms with Gasteiger partial charge >= 0.3 is 5.97 Å². The zero-order chi connectivity index (χ0) is 19.4. The highest BCUT2D eigenvalue weighted by atomic mass is 35.5. The number of hydrogen-bond acceptors (Lipinski definition) is 4. The van der Waals surface area contributed by atoms with Crippen LogP contribution >= 0.6 is 23.2 Å². The number of rotatable bonds is 5. The van der Waals surface area contributed by atoms with Gasteiger partial charge in [0.2, 0.25) is 0 Å². The van der Waals surface area contributed by atoms with Gasteiger partial charge in [-0.2, -0.15) is 0 Å². The molecule has 0 atom stereocenters. The van der Waals surface area contributed by atoms with E-state index in [1.807, 2.05) is 0 Å². The maximum atomic E-state index is 12.3. The summed E-state index contributed by atoms with van der Waals surface area (Å²) >= 11 is 11.6. The van der Waals surface area contributed by atoms with Crippen molar-refractivity contribution in [1.82, 2.24) is 0 Å². The van der Waals surface area contributed by atoms with Crippen LogP contribution in [0.5, 0.6) is 5.75 Å². The van der Waals surface area contributed by atoms with E-state index in [1.165, 1.54) is 48.5 Å². The number of sulfonamides is 1. The van der Waals surface area contributed by atoms with Crippen molar-refractivity contribution in [2.45, 2.75) is 4.90 Å². The summed E-state index contributed by atoms with van der Waals surface area (Å²) in [4.78, 5) is 12.2. The van der Waals surface area contributed by atoms with Crippen molar-refractivity contribution in [2.24, 2.45) is 0 Å². The van der Waals surface area contributed by atoms with E-state index >= 15 is 0 Å². The molecule has 3 rings (SSSR count). The third kappa shape index (κ3) is 5.01. The molecule has 0 unspecified atom stereocenters. The summed E-state index contributed by atoms with van der Waals surface area (Å²) in [5.74, 6) is -0.259. The van der Waals surface area contributed by atoms with E-state index in [-0.39, 0.29) is 10.6 Å². The minimum absolute atomic E-state index is 0.0881. The molecule has 27 heavy (non-hydrogen) atoms. The summed E-state index contributed by atoms with van der Waals surface area (Å²) in [5.41, 5.74) is 0.683. The van der Waals surface area contributed by atoms with Crippen LogP contribution in [0.15, 0.2) is 77.7 Å². The normalized spacial score (nSPS) is 11.0. The monoisotopic (exact) mass is 421 g/mol. The first-order valence-corrected chi connectivity index (χ1v) is 9.94. The Morgan fingerprint density at radius 3 is 1.85 bits per heavy atom. The fraction of sp³-hybridized carbons (Fsp3) is 0. The number of anilines is 1. The second-order valence-corrected chi connectivity index (χ2v) is 8.04. The summed E-state index contributed by atoms with van der Waals surface area (Å²) < 4.78 is 32.4. The predicted octanol–water partition coefficient (Wildman–Crippen LogP) is 5.01. The Hall–Kier alpha value is -2.54. The van der Waals surface area contributed by atoms with Gasteiger partial charge in [0.25, 0.3) is 10.0 Å². The van der Waals surface area contributed by atoms with Crippen molar-refractivity contribution in [2.75, 3.05) is 4.72 Å². The molecule has 0 aliphatic rings. The zero-order valence-corrected chi connectivity index (χ0v) is 16.1. The quantitative estimate of drug-likeness (QED) is 0.463. The number of ether oxygens (including phenoxy) is 1. The maximum absolute atomic E-state index is 12.3. The van der Waals surface area contributed by atoms with Crippen LogP contribution in [-0.4, -0.2) is 14.4 Å². The molecule has 0 aliphatic heterocycles. The molecule has 1 N–H and O–H groups in total. The lowest BCUT2D eigenvalue weighted by atomic mass is 10.2. The van der Waals surface area contributed by atoms with Gasteiger partial charge in [-0.25, -0.2) is 13.2 Å². The molecule has 5 nitrogen and oxygen atoms in total. The first kappa shape index (κ1) is 19.2. The first-order chi connectivity index (χ1) is 12.8. The van der Waals surface area contributed by atoms with E-state index in [2.05, 4.69) is 4.72 Å². The topological polar surface area (TPSA) is 72.5 Å². The van der Waals surface area contributed by atoms with Crippen LogP contribution in [0.4, 0.5) is 5.69 Å². The van der Waals surface area contributed by atoms with E-state index < -0.39 is 16.0 Å². The first-order valence-electron chi connectivity index (χ1n) is 7.70. The van der Waals surface area contributed by atoms with Crippen LogP contribution in [0.25, 0.3) is 0 Å². The summed E-state index contributed by atoms with van der Waals surface area (Å²) in [7, 11) is -3.74. The molecule has 0 aliphatic carbocycles. The van der Waals surface area contributed by atoms with E-state index in [1.54, 1.807) is 24.3 Å².